The Kier molecular flexibility index (Phi) is 6.69. The Labute approximate surface area is 200 Å². The number of ether oxygens (including phenoxy) is 3. The van der Waals surface area contributed by atoms with E-state index in [1.807, 2.05) is 63.2 Å². The monoisotopic (exact) mass is 512 g/mol. The second-order valence-electron chi connectivity index (χ2n) is 7.88. The van der Waals surface area contributed by atoms with E-state index in [0.717, 1.165) is 15.6 Å². The normalized spacial score (nSPS) is 15.2. The summed E-state index contributed by atoms with van der Waals surface area (Å²) in [5.41, 5.74) is 2.95. The molecule has 2 aromatic carbocycles. The van der Waals surface area contributed by atoms with E-state index in [4.69, 9.17) is 14.2 Å². The molecule has 1 aliphatic heterocycles. The van der Waals surface area contributed by atoms with E-state index in [2.05, 4.69) is 31.3 Å². The molecule has 0 bridgehead atoms. The third kappa shape index (κ3) is 4.88. The molecule has 1 unspecified atom stereocenters. The summed E-state index contributed by atoms with van der Waals surface area (Å²) in [7, 11) is 1.59. The zero-order valence-corrected chi connectivity index (χ0v) is 20.4. The molecule has 0 saturated carbocycles. The van der Waals surface area contributed by atoms with Crippen LogP contribution in [0.5, 0.6) is 11.5 Å². The lowest BCUT2D eigenvalue weighted by Crippen LogP contribution is -2.30. The van der Waals surface area contributed by atoms with Crippen molar-refractivity contribution < 1.29 is 19.0 Å². The van der Waals surface area contributed by atoms with Crippen LogP contribution >= 0.6 is 15.9 Å². The van der Waals surface area contributed by atoms with Crippen LogP contribution in [-0.4, -0.2) is 33.9 Å². The van der Waals surface area contributed by atoms with Gasteiger partial charge in [0, 0.05) is 10.2 Å². The number of nitrogens with zero attached hydrogens (tertiary/aromatic N) is 3. The molecule has 0 fully saturated rings. The summed E-state index contributed by atoms with van der Waals surface area (Å²) in [6.45, 7) is 5.86. The highest BCUT2D eigenvalue weighted by molar-refractivity contribution is 9.10. The summed E-state index contributed by atoms with van der Waals surface area (Å²) < 4.78 is 19.8. The van der Waals surface area contributed by atoms with Gasteiger partial charge in [-0.15, -0.1) is 0 Å². The topological polar surface area (TPSA) is 87.5 Å². The molecular formula is C24H25BrN4O4. The SMILES string of the molecule is COc1cc(C2C(C(=O)OC(C)C)=C(C)Nc3ncnn32)ccc1OCc1cccc(Br)c1. The smallest absolute Gasteiger partial charge is 0.338 e. The van der Waals surface area contributed by atoms with Crippen LogP contribution in [0.25, 0.3) is 0 Å². The quantitative estimate of drug-likeness (QED) is 0.451. The van der Waals surface area contributed by atoms with Crippen LogP contribution in [0.15, 0.2) is 64.5 Å². The fraction of sp³-hybridized carbons (Fsp3) is 0.292. The van der Waals surface area contributed by atoms with E-state index in [1.54, 1.807) is 11.8 Å². The summed E-state index contributed by atoms with van der Waals surface area (Å²) in [5.74, 6) is 1.29. The van der Waals surface area contributed by atoms with E-state index in [-0.39, 0.29) is 6.10 Å². The first-order valence-corrected chi connectivity index (χ1v) is 11.3. The molecule has 1 aromatic heterocycles. The van der Waals surface area contributed by atoms with Gasteiger partial charge in [-0.1, -0.05) is 34.1 Å². The number of allylic oxidation sites excluding steroid dienone is 1. The van der Waals surface area contributed by atoms with Crippen molar-refractivity contribution in [2.24, 2.45) is 0 Å². The first kappa shape index (κ1) is 22.8. The highest BCUT2D eigenvalue weighted by Crippen LogP contribution is 2.39. The Bertz CT molecular complexity index is 1200. The molecule has 33 heavy (non-hydrogen) atoms. The maximum absolute atomic E-state index is 13.0. The van der Waals surface area contributed by atoms with Crippen LogP contribution in [0.3, 0.4) is 0 Å². The maximum Gasteiger partial charge on any atom is 0.338 e. The third-order valence-electron chi connectivity index (χ3n) is 5.14. The number of methoxy groups -OCH3 is 1. The van der Waals surface area contributed by atoms with Gasteiger partial charge in [0.05, 0.1) is 18.8 Å². The zero-order valence-electron chi connectivity index (χ0n) is 18.8. The molecule has 3 aromatic rings. The van der Waals surface area contributed by atoms with Gasteiger partial charge in [-0.25, -0.2) is 9.48 Å². The van der Waals surface area contributed by atoms with Crippen molar-refractivity contribution in [1.29, 1.82) is 0 Å². The van der Waals surface area contributed by atoms with E-state index in [1.165, 1.54) is 6.33 Å². The number of anilines is 1. The number of carbonyl (C=O) groups is 1. The first-order chi connectivity index (χ1) is 15.9. The number of rotatable bonds is 7. The predicted molar refractivity (Wildman–Crippen MR) is 127 cm³/mol. The molecular weight excluding hydrogens is 488 g/mol. The number of nitrogens with one attached hydrogen (secondary N) is 1. The number of aromatic nitrogens is 3. The van der Waals surface area contributed by atoms with Crippen molar-refractivity contribution in [1.82, 2.24) is 14.8 Å². The molecule has 172 valence electrons. The number of benzene rings is 2. The molecule has 8 nitrogen and oxygen atoms in total. The standard InChI is InChI=1S/C24H25BrN4O4/c1-14(2)33-23(30)21-15(3)28-24-26-13-27-29(24)22(21)17-8-9-19(20(11-17)31-4)32-12-16-6-5-7-18(25)10-16/h5-11,13-14,22H,12H2,1-4H3,(H,26,27,28). The number of hydrogen-bond donors (Lipinski definition) is 1. The van der Waals surface area contributed by atoms with Crippen molar-refractivity contribution in [3.05, 3.63) is 75.7 Å². The molecule has 0 saturated heterocycles. The van der Waals surface area contributed by atoms with Gasteiger partial charge in [0.15, 0.2) is 11.5 Å². The molecule has 0 amide bonds. The average molecular weight is 513 g/mol. The Morgan fingerprint density at radius 3 is 2.76 bits per heavy atom. The lowest BCUT2D eigenvalue weighted by atomic mass is 9.95. The van der Waals surface area contributed by atoms with Gasteiger partial charge in [0.25, 0.3) is 0 Å². The lowest BCUT2D eigenvalue weighted by molar-refractivity contribution is -0.143. The molecule has 4 rings (SSSR count). The van der Waals surface area contributed by atoms with E-state index in [9.17, 15) is 4.79 Å². The molecule has 1 N–H and O–H groups in total. The van der Waals surface area contributed by atoms with Crippen LogP contribution in [0.2, 0.25) is 0 Å². The first-order valence-electron chi connectivity index (χ1n) is 10.5. The fourth-order valence-electron chi connectivity index (χ4n) is 3.70. The summed E-state index contributed by atoms with van der Waals surface area (Å²) in [6.07, 6.45) is 1.20. The average Bonchev–Trinajstić information content (AvgIpc) is 3.24. The van der Waals surface area contributed by atoms with Gasteiger partial charge < -0.3 is 19.5 Å². The van der Waals surface area contributed by atoms with Gasteiger partial charge in [-0.05, 0) is 56.2 Å². The summed E-state index contributed by atoms with van der Waals surface area (Å²) in [6, 6.07) is 13.0. The van der Waals surface area contributed by atoms with E-state index >= 15 is 0 Å². The van der Waals surface area contributed by atoms with Crippen LogP contribution in [-0.2, 0) is 16.1 Å². The van der Waals surface area contributed by atoms with Gasteiger partial charge in [-0.3, -0.25) is 0 Å². The fourth-order valence-corrected chi connectivity index (χ4v) is 4.15. The van der Waals surface area contributed by atoms with Gasteiger partial charge in [-0.2, -0.15) is 10.1 Å². The molecule has 9 heteroatoms. The number of carbonyl (C=O) groups excluding carboxylic acids is 1. The van der Waals surface area contributed by atoms with Crippen LogP contribution < -0.4 is 14.8 Å². The maximum atomic E-state index is 13.0. The highest BCUT2D eigenvalue weighted by atomic mass is 79.9. The second-order valence-corrected chi connectivity index (χ2v) is 8.79. The molecule has 0 aliphatic carbocycles. The highest BCUT2D eigenvalue weighted by Gasteiger charge is 2.35. The summed E-state index contributed by atoms with van der Waals surface area (Å²) in [5, 5.41) is 7.48. The Morgan fingerprint density at radius 1 is 1.21 bits per heavy atom. The van der Waals surface area contributed by atoms with E-state index in [0.29, 0.717) is 35.3 Å². The minimum absolute atomic E-state index is 0.251. The number of hydrogen-bond acceptors (Lipinski definition) is 7. The lowest BCUT2D eigenvalue weighted by Gasteiger charge is -2.29. The Morgan fingerprint density at radius 2 is 2.03 bits per heavy atom. The molecule has 1 aliphatic rings. The Hall–Kier alpha value is -3.33. The van der Waals surface area contributed by atoms with Gasteiger partial charge in [0.2, 0.25) is 5.95 Å². The van der Waals surface area contributed by atoms with Crippen LogP contribution in [0, 0.1) is 0 Å². The predicted octanol–water partition coefficient (Wildman–Crippen LogP) is 4.87. The van der Waals surface area contributed by atoms with Crippen LogP contribution in [0.4, 0.5) is 5.95 Å². The van der Waals surface area contributed by atoms with Crippen LogP contribution in [0.1, 0.15) is 37.9 Å². The van der Waals surface area contributed by atoms with Gasteiger partial charge >= 0.3 is 5.97 Å². The van der Waals surface area contributed by atoms with Crippen molar-refractivity contribution in [3.8, 4) is 11.5 Å². The van der Waals surface area contributed by atoms with Crippen molar-refractivity contribution in [3.63, 3.8) is 0 Å². The third-order valence-corrected chi connectivity index (χ3v) is 5.64. The van der Waals surface area contributed by atoms with Gasteiger partial charge in [0.1, 0.15) is 19.0 Å². The molecule has 0 radical (unpaired) electrons. The summed E-state index contributed by atoms with van der Waals surface area (Å²) in [4.78, 5) is 17.3. The van der Waals surface area contributed by atoms with Crippen molar-refractivity contribution in [2.75, 3.05) is 12.4 Å². The molecule has 1 atom stereocenters. The second kappa shape index (κ2) is 9.66. The molecule has 0 spiro atoms. The largest absolute Gasteiger partial charge is 0.493 e. The summed E-state index contributed by atoms with van der Waals surface area (Å²) >= 11 is 3.48. The molecule has 2 heterocycles. The zero-order chi connectivity index (χ0) is 23.5. The number of halogens is 1. The minimum Gasteiger partial charge on any atom is -0.493 e. The number of esters is 1. The van der Waals surface area contributed by atoms with Crippen molar-refractivity contribution in [2.45, 2.75) is 39.5 Å². The van der Waals surface area contributed by atoms with E-state index < -0.39 is 12.0 Å². The Balaban J connectivity index is 1.68. The van der Waals surface area contributed by atoms with Crippen molar-refractivity contribution >= 4 is 27.8 Å². The minimum atomic E-state index is -0.525. The number of fused-ring (bicyclic) bond motifs is 1.